The number of fused-ring (bicyclic) bond motifs is 1. The monoisotopic (exact) mass is 179 g/mol. The Bertz CT molecular complexity index is 305. The van der Waals surface area contributed by atoms with Gasteiger partial charge < -0.3 is 16.4 Å². The lowest BCUT2D eigenvalue weighted by Gasteiger charge is -2.18. The zero-order valence-electron chi connectivity index (χ0n) is 7.59. The fraction of sp³-hybridized carbons (Fsp3) is 0.500. The molecule has 0 aromatic carbocycles. The predicted molar refractivity (Wildman–Crippen MR) is 51.4 cm³/mol. The van der Waals surface area contributed by atoms with Crippen LogP contribution < -0.4 is 16.4 Å². The molecule has 0 fully saturated rings. The minimum Gasteiger partial charge on any atom is -0.373 e. The van der Waals surface area contributed by atoms with Crippen LogP contribution in [0, 0.1) is 0 Å². The molecule has 13 heavy (non-hydrogen) atoms. The summed E-state index contributed by atoms with van der Waals surface area (Å²) in [7, 11) is 1.84. The second-order valence-electron chi connectivity index (χ2n) is 3.03. The summed E-state index contributed by atoms with van der Waals surface area (Å²) in [5, 5.41) is 6.30. The number of nitrogens with two attached hydrogens (primary N) is 1. The Kier molecular flexibility index (Phi) is 2.02. The summed E-state index contributed by atoms with van der Waals surface area (Å²) in [6, 6.07) is 0. The fourth-order valence-electron chi connectivity index (χ4n) is 1.57. The van der Waals surface area contributed by atoms with Crippen molar-refractivity contribution in [3.8, 4) is 0 Å². The van der Waals surface area contributed by atoms with Gasteiger partial charge in [0.05, 0.1) is 5.69 Å². The van der Waals surface area contributed by atoms with Crippen molar-refractivity contribution in [1.82, 2.24) is 15.3 Å². The van der Waals surface area contributed by atoms with Crippen LogP contribution in [0.1, 0.15) is 11.3 Å². The molecule has 0 spiro atoms. The van der Waals surface area contributed by atoms with Crippen molar-refractivity contribution in [3.05, 3.63) is 11.3 Å². The summed E-state index contributed by atoms with van der Waals surface area (Å²) in [5.41, 5.74) is 7.78. The first-order valence-electron chi connectivity index (χ1n) is 4.35. The van der Waals surface area contributed by atoms with Gasteiger partial charge in [-0.05, 0) is 0 Å². The Balaban J connectivity index is 2.50. The lowest BCUT2D eigenvalue weighted by molar-refractivity contribution is 0.629. The molecule has 0 unspecified atom stereocenters. The first kappa shape index (κ1) is 8.25. The molecule has 0 radical (unpaired) electrons. The van der Waals surface area contributed by atoms with E-state index in [-0.39, 0.29) is 0 Å². The van der Waals surface area contributed by atoms with Gasteiger partial charge in [0.2, 0.25) is 5.95 Å². The van der Waals surface area contributed by atoms with Gasteiger partial charge in [-0.15, -0.1) is 0 Å². The highest BCUT2D eigenvalue weighted by Crippen LogP contribution is 2.19. The highest BCUT2D eigenvalue weighted by Gasteiger charge is 2.15. The van der Waals surface area contributed by atoms with Gasteiger partial charge in [-0.3, -0.25) is 0 Å². The van der Waals surface area contributed by atoms with E-state index >= 15 is 0 Å². The number of hydrogen-bond donors (Lipinski definition) is 3. The SMILES string of the molecule is CNc1nc(N)nc2c1CNCC2. The second kappa shape index (κ2) is 3.18. The molecular formula is C8H13N5. The Hall–Kier alpha value is -1.36. The van der Waals surface area contributed by atoms with E-state index in [0.29, 0.717) is 5.95 Å². The van der Waals surface area contributed by atoms with Crippen molar-refractivity contribution in [2.75, 3.05) is 24.6 Å². The topological polar surface area (TPSA) is 75.9 Å². The van der Waals surface area contributed by atoms with Gasteiger partial charge >= 0.3 is 0 Å². The summed E-state index contributed by atoms with van der Waals surface area (Å²) >= 11 is 0. The molecule has 0 amide bonds. The first-order chi connectivity index (χ1) is 6.31. The van der Waals surface area contributed by atoms with Gasteiger partial charge in [0, 0.05) is 32.1 Å². The van der Waals surface area contributed by atoms with E-state index in [2.05, 4.69) is 20.6 Å². The summed E-state index contributed by atoms with van der Waals surface area (Å²) in [5.74, 6) is 1.19. The molecule has 0 bridgehead atoms. The highest BCUT2D eigenvalue weighted by molar-refractivity contribution is 5.49. The third-order valence-electron chi connectivity index (χ3n) is 2.19. The Morgan fingerprint density at radius 1 is 1.46 bits per heavy atom. The molecule has 1 aromatic heterocycles. The van der Waals surface area contributed by atoms with E-state index in [1.165, 1.54) is 0 Å². The van der Waals surface area contributed by atoms with Gasteiger partial charge in [0.15, 0.2) is 0 Å². The van der Waals surface area contributed by atoms with Crippen molar-refractivity contribution in [3.63, 3.8) is 0 Å². The second-order valence-corrected chi connectivity index (χ2v) is 3.03. The Labute approximate surface area is 76.8 Å². The number of hydrogen-bond acceptors (Lipinski definition) is 5. The molecule has 0 saturated heterocycles. The van der Waals surface area contributed by atoms with Crippen LogP contribution in [0.5, 0.6) is 0 Å². The van der Waals surface area contributed by atoms with Crippen LogP contribution in [-0.2, 0) is 13.0 Å². The molecule has 5 heteroatoms. The molecule has 0 atom stereocenters. The summed E-state index contributed by atoms with van der Waals surface area (Å²) in [6.07, 6.45) is 0.927. The molecule has 0 saturated carbocycles. The van der Waals surface area contributed by atoms with E-state index in [4.69, 9.17) is 5.73 Å². The third kappa shape index (κ3) is 1.42. The number of anilines is 2. The van der Waals surface area contributed by atoms with Crippen molar-refractivity contribution < 1.29 is 0 Å². The van der Waals surface area contributed by atoms with Crippen LogP contribution in [0.25, 0.3) is 0 Å². The summed E-state index contributed by atoms with van der Waals surface area (Å²) in [6.45, 7) is 1.79. The zero-order valence-corrected chi connectivity index (χ0v) is 7.59. The Morgan fingerprint density at radius 3 is 3.08 bits per heavy atom. The highest BCUT2D eigenvalue weighted by atomic mass is 15.1. The van der Waals surface area contributed by atoms with Crippen LogP contribution in [0.4, 0.5) is 11.8 Å². The largest absolute Gasteiger partial charge is 0.373 e. The maximum Gasteiger partial charge on any atom is 0.222 e. The van der Waals surface area contributed by atoms with Crippen LogP contribution in [0.2, 0.25) is 0 Å². The van der Waals surface area contributed by atoms with Crippen molar-refractivity contribution >= 4 is 11.8 Å². The standard InChI is InChI=1S/C8H13N5/c1-10-7-5-4-11-3-2-6(5)12-8(9)13-7/h11H,2-4H2,1H3,(H3,9,10,12,13). The molecule has 0 aliphatic carbocycles. The van der Waals surface area contributed by atoms with Gasteiger partial charge in [0.25, 0.3) is 0 Å². The molecule has 2 rings (SSSR count). The molecule has 1 aromatic rings. The van der Waals surface area contributed by atoms with E-state index in [0.717, 1.165) is 36.6 Å². The zero-order chi connectivity index (χ0) is 9.26. The molecule has 4 N–H and O–H groups in total. The number of nitrogens with one attached hydrogen (secondary N) is 2. The maximum atomic E-state index is 5.58. The first-order valence-corrected chi connectivity index (χ1v) is 4.35. The van der Waals surface area contributed by atoms with E-state index in [9.17, 15) is 0 Å². The summed E-state index contributed by atoms with van der Waals surface area (Å²) < 4.78 is 0. The molecule has 1 aliphatic heterocycles. The van der Waals surface area contributed by atoms with Gasteiger partial charge in [0.1, 0.15) is 5.82 Å². The third-order valence-corrected chi connectivity index (χ3v) is 2.19. The van der Waals surface area contributed by atoms with E-state index in [1.54, 1.807) is 0 Å². The lowest BCUT2D eigenvalue weighted by Crippen LogP contribution is -2.26. The van der Waals surface area contributed by atoms with Gasteiger partial charge in [-0.25, -0.2) is 4.98 Å². The van der Waals surface area contributed by atoms with Crippen molar-refractivity contribution in [2.45, 2.75) is 13.0 Å². The lowest BCUT2D eigenvalue weighted by atomic mass is 10.1. The number of nitrogens with zero attached hydrogens (tertiary/aromatic N) is 2. The quantitative estimate of drug-likeness (QED) is 0.554. The van der Waals surface area contributed by atoms with Crippen LogP contribution in [0.3, 0.4) is 0 Å². The number of nitrogen functional groups attached to an aromatic ring is 1. The number of rotatable bonds is 1. The van der Waals surface area contributed by atoms with E-state index < -0.39 is 0 Å². The minimum atomic E-state index is 0.352. The van der Waals surface area contributed by atoms with Gasteiger partial charge in [-0.1, -0.05) is 0 Å². The molecule has 2 heterocycles. The maximum absolute atomic E-state index is 5.58. The van der Waals surface area contributed by atoms with Crippen LogP contribution in [0.15, 0.2) is 0 Å². The predicted octanol–water partition coefficient (Wildman–Crippen LogP) is -0.254. The minimum absolute atomic E-state index is 0.352. The molecular weight excluding hydrogens is 166 g/mol. The smallest absolute Gasteiger partial charge is 0.222 e. The van der Waals surface area contributed by atoms with Crippen molar-refractivity contribution in [2.24, 2.45) is 0 Å². The molecule has 5 nitrogen and oxygen atoms in total. The Morgan fingerprint density at radius 2 is 2.31 bits per heavy atom. The van der Waals surface area contributed by atoms with Gasteiger partial charge in [-0.2, -0.15) is 4.98 Å². The summed E-state index contributed by atoms with van der Waals surface area (Å²) in [4.78, 5) is 8.33. The molecule has 1 aliphatic rings. The van der Waals surface area contributed by atoms with Crippen LogP contribution >= 0.6 is 0 Å². The molecule has 70 valence electrons. The average Bonchev–Trinajstić information content (AvgIpc) is 2.16. The van der Waals surface area contributed by atoms with E-state index in [1.807, 2.05) is 7.05 Å². The van der Waals surface area contributed by atoms with Crippen LogP contribution in [-0.4, -0.2) is 23.6 Å². The van der Waals surface area contributed by atoms with Crippen molar-refractivity contribution in [1.29, 1.82) is 0 Å². The fourth-order valence-corrected chi connectivity index (χ4v) is 1.57. The number of aromatic nitrogens is 2. The normalized spacial score (nSPS) is 15.2. The average molecular weight is 179 g/mol.